The number of hydrogen-bond acceptors (Lipinski definition) is 7. The van der Waals surface area contributed by atoms with Crippen molar-refractivity contribution in [3.05, 3.63) is 77.3 Å². The Hall–Kier alpha value is -4.12. The van der Waals surface area contributed by atoms with Crippen LogP contribution in [0.2, 0.25) is 0 Å². The molecule has 1 aliphatic carbocycles. The summed E-state index contributed by atoms with van der Waals surface area (Å²) in [5, 5.41) is 28.7. The number of nitrogens with one attached hydrogen (secondary N) is 3. The molecule has 4 aromatic heterocycles. The lowest BCUT2D eigenvalue weighted by Crippen LogP contribution is -2.39. The van der Waals surface area contributed by atoms with E-state index in [1.54, 1.807) is 12.3 Å². The number of aliphatic hydroxyl groups is 1. The second kappa shape index (κ2) is 10.3. The summed E-state index contributed by atoms with van der Waals surface area (Å²) in [5.74, 6) is 1.08. The Balaban J connectivity index is 1.19. The van der Waals surface area contributed by atoms with Crippen molar-refractivity contribution >= 4 is 17.5 Å². The van der Waals surface area contributed by atoms with Gasteiger partial charge in [0.1, 0.15) is 11.4 Å². The van der Waals surface area contributed by atoms with Gasteiger partial charge in [0.15, 0.2) is 17.5 Å². The normalized spacial score (nSPS) is 20.2. The van der Waals surface area contributed by atoms with Crippen LogP contribution in [0.5, 0.6) is 0 Å². The molecule has 1 atom stereocenters. The number of amides is 1. The minimum absolute atomic E-state index is 0.0498. The quantitative estimate of drug-likeness (QED) is 0.289. The molecule has 0 saturated heterocycles. The van der Waals surface area contributed by atoms with Crippen LogP contribution in [0.4, 0.5) is 16.0 Å². The van der Waals surface area contributed by atoms with Crippen molar-refractivity contribution in [3.63, 3.8) is 0 Å². The van der Waals surface area contributed by atoms with Gasteiger partial charge in [-0.05, 0) is 75.8 Å². The average Bonchev–Trinajstić information content (AvgIpc) is 3.51. The predicted octanol–water partition coefficient (Wildman–Crippen LogP) is 4.14. The lowest BCUT2D eigenvalue weighted by atomic mass is 9.76. The third kappa shape index (κ3) is 5.57. The zero-order valence-electron chi connectivity index (χ0n) is 21.6. The van der Waals surface area contributed by atoms with Crippen molar-refractivity contribution in [1.29, 1.82) is 0 Å². The van der Waals surface area contributed by atoms with Gasteiger partial charge in [-0.3, -0.25) is 9.89 Å². The summed E-state index contributed by atoms with van der Waals surface area (Å²) >= 11 is 0. The monoisotopic (exact) mass is 518 g/mol. The molecule has 10 nitrogen and oxygen atoms in total. The third-order valence-corrected chi connectivity index (χ3v) is 7.01. The maximum atomic E-state index is 13.2. The number of halogens is 1. The van der Waals surface area contributed by atoms with Gasteiger partial charge >= 0.3 is 0 Å². The van der Waals surface area contributed by atoms with Crippen LogP contribution in [0.25, 0.3) is 5.82 Å². The average molecular weight is 519 g/mol. The van der Waals surface area contributed by atoms with Crippen molar-refractivity contribution in [2.45, 2.75) is 58.1 Å². The van der Waals surface area contributed by atoms with Gasteiger partial charge in [0, 0.05) is 23.9 Å². The van der Waals surface area contributed by atoms with Crippen LogP contribution in [-0.2, 0) is 10.4 Å². The van der Waals surface area contributed by atoms with Gasteiger partial charge in [-0.15, -0.1) is 0 Å². The Morgan fingerprint density at radius 1 is 1.18 bits per heavy atom. The van der Waals surface area contributed by atoms with E-state index in [4.69, 9.17) is 0 Å². The first-order valence-electron chi connectivity index (χ1n) is 12.7. The standard InChI is InChI=1S/C27H31FN8O2/c1-16-10-22(32-23(11-16)33-24-12-17(2)34-35-24)27(38)8-6-19(7-9-27)26(37)31-18(3)20-4-5-25(29-13-20)36-15-21(28)14-30-36/h4-5,10-15,18-19,38H,6-9H2,1-3H3,(H,31,37)(H2,32,33,34,35)/t18-,19-,27-/m0/s1. The van der Waals surface area contributed by atoms with E-state index in [0.29, 0.717) is 48.8 Å². The molecule has 38 heavy (non-hydrogen) atoms. The highest BCUT2D eigenvalue weighted by molar-refractivity contribution is 5.79. The zero-order valence-corrected chi connectivity index (χ0v) is 21.6. The van der Waals surface area contributed by atoms with E-state index < -0.39 is 11.4 Å². The molecule has 198 valence electrons. The Labute approximate surface area is 219 Å². The number of anilines is 2. The van der Waals surface area contributed by atoms with Crippen molar-refractivity contribution in [2.75, 3.05) is 5.32 Å². The van der Waals surface area contributed by atoms with Crippen molar-refractivity contribution < 1.29 is 14.3 Å². The van der Waals surface area contributed by atoms with Gasteiger partial charge in [0.05, 0.1) is 24.1 Å². The van der Waals surface area contributed by atoms with Crippen LogP contribution in [0.1, 0.15) is 61.2 Å². The molecular weight excluding hydrogens is 487 g/mol. The van der Waals surface area contributed by atoms with Crippen LogP contribution in [0.15, 0.2) is 48.9 Å². The highest BCUT2D eigenvalue weighted by Gasteiger charge is 2.38. The molecule has 4 heterocycles. The van der Waals surface area contributed by atoms with Crippen LogP contribution in [0.3, 0.4) is 0 Å². The lowest BCUT2D eigenvalue weighted by Gasteiger charge is -2.35. The molecular formula is C27H31FN8O2. The molecule has 1 amide bonds. The molecule has 0 radical (unpaired) electrons. The topological polar surface area (TPSA) is 134 Å². The van der Waals surface area contributed by atoms with E-state index in [1.165, 1.54) is 10.9 Å². The Bertz CT molecular complexity index is 1420. The molecule has 4 aromatic rings. The molecule has 5 rings (SSSR count). The molecule has 4 N–H and O–H groups in total. The van der Waals surface area contributed by atoms with Gasteiger partial charge in [0.25, 0.3) is 0 Å². The number of hydrogen-bond donors (Lipinski definition) is 4. The van der Waals surface area contributed by atoms with Gasteiger partial charge in [-0.1, -0.05) is 6.07 Å². The summed E-state index contributed by atoms with van der Waals surface area (Å²) in [5.41, 5.74) is 2.24. The summed E-state index contributed by atoms with van der Waals surface area (Å²) in [6, 6.07) is 9.01. The van der Waals surface area contributed by atoms with Gasteiger partial charge in [-0.2, -0.15) is 10.2 Å². The second-order valence-corrected chi connectivity index (χ2v) is 10.1. The fourth-order valence-electron chi connectivity index (χ4n) is 4.83. The van der Waals surface area contributed by atoms with Crippen molar-refractivity contribution in [1.82, 2.24) is 35.3 Å². The maximum Gasteiger partial charge on any atom is 0.223 e. The molecule has 0 bridgehead atoms. The summed E-state index contributed by atoms with van der Waals surface area (Å²) in [7, 11) is 0. The number of rotatable bonds is 7. The first-order chi connectivity index (χ1) is 18.2. The molecule has 1 saturated carbocycles. The number of aromatic amines is 1. The largest absolute Gasteiger partial charge is 0.384 e. The van der Waals surface area contributed by atoms with Crippen LogP contribution in [-0.4, -0.2) is 41.0 Å². The van der Waals surface area contributed by atoms with Gasteiger partial charge in [-0.25, -0.2) is 19.0 Å². The number of nitrogens with zero attached hydrogens (tertiary/aromatic N) is 5. The number of carbonyl (C=O) groups excluding carboxylic acids is 1. The van der Waals surface area contributed by atoms with Gasteiger partial charge < -0.3 is 15.7 Å². The summed E-state index contributed by atoms with van der Waals surface area (Å²) in [6.07, 6.45) is 6.00. The molecule has 11 heteroatoms. The lowest BCUT2D eigenvalue weighted by molar-refractivity contribution is -0.128. The van der Waals surface area contributed by atoms with Crippen molar-refractivity contribution in [2.24, 2.45) is 5.92 Å². The Morgan fingerprint density at radius 3 is 2.61 bits per heavy atom. The molecule has 1 fully saturated rings. The van der Waals surface area contributed by atoms with E-state index in [1.807, 2.05) is 45.0 Å². The molecule has 0 aliphatic heterocycles. The highest BCUT2D eigenvalue weighted by atomic mass is 19.1. The van der Waals surface area contributed by atoms with Crippen LogP contribution < -0.4 is 10.6 Å². The van der Waals surface area contributed by atoms with E-state index in [-0.39, 0.29) is 17.9 Å². The highest BCUT2D eigenvalue weighted by Crippen LogP contribution is 2.40. The smallest absolute Gasteiger partial charge is 0.223 e. The van der Waals surface area contributed by atoms with Crippen LogP contribution in [0, 0.1) is 25.6 Å². The number of H-pyrrole nitrogens is 1. The van der Waals surface area contributed by atoms with E-state index in [9.17, 15) is 14.3 Å². The summed E-state index contributed by atoms with van der Waals surface area (Å²) in [6.45, 7) is 5.78. The molecule has 0 spiro atoms. The molecule has 1 aliphatic rings. The second-order valence-electron chi connectivity index (χ2n) is 10.1. The Morgan fingerprint density at radius 2 is 1.97 bits per heavy atom. The first kappa shape index (κ1) is 25.5. The SMILES string of the molecule is Cc1cc(Nc2cc(C)[nH]n2)nc([C@]2(O)CC[C@H](C(=O)N[C@@H](C)c3ccc(-n4cc(F)cn4)nc3)CC2)c1. The molecule has 0 unspecified atom stereocenters. The number of aromatic nitrogens is 6. The maximum absolute atomic E-state index is 13.2. The first-order valence-corrected chi connectivity index (χ1v) is 12.7. The van der Waals surface area contributed by atoms with E-state index >= 15 is 0 Å². The number of carbonyl (C=O) groups is 1. The number of pyridine rings is 2. The molecule has 0 aromatic carbocycles. The minimum Gasteiger partial charge on any atom is -0.384 e. The third-order valence-electron chi connectivity index (χ3n) is 7.01. The van der Waals surface area contributed by atoms with E-state index in [2.05, 4.69) is 35.9 Å². The fourth-order valence-corrected chi connectivity index (χ4v) is 4.83. The zero-order chi connectivity index (χ0) is 26.9. The summed E-state index contributed by atoms with van der Waals surface area (Å²) in [4.78, 5) is 22.0. The Kier molecular flexibility index (Phi) is 6.94. The number of aryl methyl sites for hydroxylation is 2. The van der Waals surface area contributed by atoms with Crippen molar-refractivity contribution in [3.8, 4) is 5.82 Å². The van der Waals surface area contributed by atoms with Crippen LogP contribution >= 0.6 is 0 Å². The fraction of sp³-hybridized carbons (Fsp3) is 0.370. The predicted molar refractivity (Wildman–Crippen MR) is 139 cm³/mol. The minimum atomic E-state index is -1.10. The van der Waals surface area contributed by atoms with Gasteiger partial charge in [0.2, 0.25) is 5.91 Å². The van der Waals surface area contributed by atoms with E-state index in [0.717, 1.165) is 23.0 Å². The summed E-state index contributed by atoms with van der Waals surface area (Å²) < 4.78 is 14.6.